The monoisotopic (exact) mass is 644 g/mol. The number of rotatable bonds is 9. The van der Waals surface area contributed by atoms with Gasteiger partial charge in [0.2, 0.25) is 5.95 Å². The number of alkyl halides is 3. The highest BCUT2D eigenvalue weighted by atomic mass is 35.5. The molecule has 0 spiro atoms. The van der Waals surface area contributed by atoms with Crippen LogP contribution in [0.15, 0.2) is 72.9 Å². The number of nitrogens with zero attached hydrogens (tertiary/aromatic N) is 3. The highest BCUT2D eigenvalue weighted by Crippen LogP contribution is 2.29. The number of hydrogen-bond acceptors (Lipinski definition) is 6. The lowest BCUT2D eigenvalue weighted by Gasteiger charge is -2.12. The van der Waals surface area contributed by atoms with Gasteiger partial charge in [-0.2, -0.15) is 18.2 Å². The number of anilines is 2. The van der Waals surface area contributed by atoms with E-state index in [4.69, 9.17) is 16.3 Å². The molecule has 45 heavy (non-hydrogen) atoms. The first-order valence-corrected chi connectivity index (χ1v) is 13.5. The van der Waals surface area contributed by atoms with E-state index >= 15 is 0 Å². The molecule has 0 saturated heterocycles. The first-order chi connectivity index (χ1) is 21.4. The summed E-state index contributed by atoms with van der Waals surface area (Å²) in [6, 6.07) is 16.5. The van der Waals surface area contributed by atoms with Crippen LogP contribution in [-0.2, 0) is 6.54 Å². The molecule has 0 bridgehead atoms. The van der Waals surface area contributed by atoms with Gasteiger partial charge in [-0.15, -0.1) is 5.10 Å². The summed E-state index contributed by atoms with van der Waals surface area (Å²) in [6.45, 7) is -1.64. The standard InChI is InChI=1S/C30H22ClF5N6O3/c1-45-23-12-18(28(44)38-15-30(34,35)36)7-10-22(23)39-29-40-24-11-8-20(14-42(24)41-29)16-2-4-17(5-3-16)27(43)37-13-19-6-9-21(32)25(31)26(19)33/h2-12,14H,13,15H2,1H3,(H,37,43)(H,38,44)(H,39,41). The Morgan fingerprint density at radius 2 is 1.60 bits per heavy atom. The molecule has 2 aromatic heterocycles. The average Bonchev–Trinajstić information content (AvgIpc) is 3.43. The minimum atomic E-state index is -4.54. The number of benzene rings is 3. The Labute approximate surface area is 257 Å². The number of carbonyl (C=O) groups excluding carboxylic acids is 2. The number of pyridine rings is 1. The molecular formula is C30H22ClF5N6O3. The lowest BCUT2D eigenvalue weighted by molar-refractivity contribution is -0.123. The number of methoxy groups -OCH3 is 1. The number of ether oxygens (including phenoxy) is 1. The molecule has 15 heteroatoms. The third-order valence-corrected chi connectivity index (χ3v) is 6.87. The predicted molar refractivity (Wildman–Crippen MR) is 156 cm³/mol. The quantitative estimate of drug-likeness (QED) is 0.128. The molecule has 0 atom stereocenters. The van der Waals surface area contributed by atoms with Crippen LogP contribution in [0.2, 0.25) is 5.02 Å². The van der Waals surface area contributed by atoms with Crippen molar-refractivity contribution < 1.29 is 36.3 Å². The molecule has 0 radical (unpaired) electrons. The van der Waals surface area contributed by atoms with Crippen LogP contribution in [0.4, 0.5) is 33.6 Å². The number of nitrogens with one attached hydrogen (secondary N) is 3. The maximum atomic E-state index is 14.1. The van der Waals surface area contributed by atoms with E-state index in [1.807, 2.05) is 0 Å². The van der Waals surface area contributed by atoms with Crippen molar-refractivity contribution in [3.8, 4) is 16.9 Å². The minimum absolute atomic E-state index is 0.0237. The lowest BCUT2D eigenvalue weighted by atomic mass is 10.1. The molecule has 0 unspecified atom stereocenters. The normalized spacial score (nSPS) is 11.4. The summed E-state index contributed by atoms with van der Waals surface area (Å²) in [6.07, 6.45) is -2.82. The molecule has 0 aliphatic rings. The first kappa shape index (κ1) is 31.2. The van der Waals surface area contributed by atoms with E-state index < -0.39 is 41.2 Å². The van der Waals surface area contributed by atoms with Crippen LogP contribution in [-0.4, -0.2) is 46.2 Å². The third-order valence-electron chi connectivity index (χ3n) is 6.53. The van der Waals surface area contributed by atoms with Crippen LogP contribution in [0.1, 0.15) is 26.3 Å². The summed E-state index contributed by atoms with van der Waals surface area (Å²) in [5.74, 6) is -2.82. The van der Waals surface area contributed by atoms with E-state index in [9.17, 15) is 31.5 Å². The van der Waals surface area contributed by atoms with E-state index in [1.165, 1.54) is 35.9 Å². The third kappa shape index (κ3) is 7.29. The van der Waals surface area contributed by atoms with Crippen molar-refractivity contribution in [1.82, 2.24) is 25.2 Å². The predicted octanol–water partition coefficient (Wildman–Crippen LogP) is 6.30. The Balaban J connectivity index is 1.26. The van der Waals surface area contributed by atoms with Crippen molar-refractivity contribution in [2.45, 2.75) is 12.7 Å². The number of amides is 2. The van der Waals surface area contributed by atoms with Crippen molar-refractivity contribution in [3.05, 3.63) is 106 Å². The zero-order valence-corrected chi connectivity index (χ0v) is 23.9. The second kappa shape index (κ2) is 12.8. The number of fused-ring (bicyclic) bond motifs is 1. The maximum absolute atomic E-state index is 14.1. The summed E-state index contributed by atoms with van der Waals surface area (Å²) in [4.78, 5) is 29.1. The fourth-order valence-electron chi connectivity index (χ4n) is 4.24. The topological polar surface area (TPSA) is 110 Å². The van der Waals surface area contributed by atoms with Crippen LogP contribution >= 0.6 is 11.6 Å². The molecule has 5 rings (SSSR count). The molecule has 5 aromatic rings. The zero-order valence-electron chi connectivity index (χ0n) is 23.2. The Bertz CT molecular complexity index is 1900. The molecule has 3 aromatic carbocycles. The van der Waals surface area contributed by atoms with E-state index in [-0.39, 0.29) is 29.4 Å². The van der Waals surface area contributed by atoms with Gasteiger partial charge in [0.25, 0.3) is 11.8 Å². The van der Waals surface area contributed by atoms with Crippen molar-refractivity contribution in [3.63, 3.8) is 0 Å². The molecule has 0 fully saturated rings. The maximum Gasteiger partial charge on any atom is 0.405 e. The minimum Gasteiger partial charge on any atom is -0.495 e. The van der Waals surface area contributed by atoms with Gasteiger partial charge >= 0.3 is 6.18 Å². The van der Waals surface area contributed by atoms with Crippen molar-refractivity contribution in [2.24, 2.45) is 0 Å². The molecule has 0 aliphatic carbocycles. The number of carbonyl (C=O) groups is 2. The van der Waals surface area contributed by atoms with Gasteiger partial charge in [-0.25, -0.2) is 13.3 Å². The molecule has 2 amide bonds. The summed E-state index contributed by atoms with van der Waals surface area (Å²) >= 11 is 5.59. The van der Waals surface area contributed by atoms with Crippen molar-refractivity contribution in [1.29, 1.82) is 0 Å². The summed E-state index contributed by atoms with van der Waals surface area (Å²) < 4.78 is 71.6. The zero-order chi connectivity index (χ0) is 32.3. The SMILES string of the molecule is COc1cc(C(=O)NCC(F)(F)F)ccc1Nc1nc2ccc(-c3ccc(C(=O)NCc4ccc(F)c(Cl)c4F)cc3)cn2n1. The smallest absolute Gasteiger partial charge is 0.405 e. The van der Waals surface area contributed by atoms with Crippen molar-refractivity contribution in [2.75, 3.05) is 19.0 Å². The summed E-state index contributed by atoms with van der Waals surface area (Å²) in [7, 11) is 1.34. The molecule has 9 nitrogen and oxygen atoms in total. The fourth-order valence-corrected chi connectivity index (χ4v) is 4.42. The summed E-state index contributed by atoms with van der Waals surface area (Å²) in [5, 5.41) is 11.1. The van der Waals surface area contributed by atoms with E-state index in [2.05, 4.69) is 20.7 Å². The molecule has 232 valence electrons. The molecular weight excluding hydrogens is 623 g/mol. The Morgan fingerprint density at radius 1 is 0.911 bits per heavy atom. The van der Waals surface area contributed by atoms with Crippen LogP contribution < -0.4 is 20.7 Å². The van der Waals surface area contributed by atoms with Gasteiger partial charge in [0, 0.05) is 35.0 Å². The molecule has 0 aliphatic heterocycles. The highest BCUT2D eigenvalue weighted by Gasteiger charge is 2.28. The fraction of sp³-hybridized carbons (Fsp3) is 0.133. The van der Waals surface area contributed by atoms with Crippen LogP contribution in [0.3, 0.4) is 0 Å². The van der Waals surface area contributed by atoms with E-state index in [0.717, 1.165) is 17.2 Å². The Hall–Kier alpha value is -5.24. The van der Waals surface area contributed by atoms with Gasteiger partial charge in [0.1, 0.15) is 29.0 Å². The van der Waals surface area contributed by atoms with Crippen LogP contribution in [0.5, 0.6) is 5.75 Å². The lowest BCUT2D eigenvalue weighted by Crippen LogP contribution is -2.33. The van der Waals surface area contributed by atoms with Crippen molar-refractivity contribution >= 4 is 40.7 Å². The van der Waals surface area contributed by atoms with Crippen LogP contribution in [0, 0.1) is 11.6 Å². The largest absolute Gasteiger partial charge is 0.495 e. The number of aromatic nitrogens is 3. The Kier molecular flexibility index (Phi) is 8.86. The van der Waals surface area contributed by atoms with Gasteiger partial charge in [0.05, 0.1) is 12.8 Å². The average molecular weight is 645 g/mol. The second-order valence-corrected chi connectivity index (χ2v) is 9.97. The summed E-state index contributed by atoms with van der Waals surface area (Å²) in [5.41, 5.74) is 2.72. The molecule has 2 heterocycles. The van der Waals surface area contributed by atoms with E-state index in [0.29, 0.717) is 16.9 Å². The van der Waals surface area contributed by atoms with Gasteiger partial charge in [-0.1, -0.05) is 29.8 Å². The highest BCUT2D eigenvalue weighted by molar-refractivity contribution is 6.31. The number of halogens is 6. The van der Waals surface area contributed by atoms with Gasteiger partial charge < -0.3 is 20.7 Å². The van der Waals surface area contributed by atoms with Gasteiger partial charge in [-0.3, -0.25) is 9.59 Å². The first-order valence-electron chi connectivity index (χ1n) is 13.1. The second-order valence-electron chi connectivity index (χ2n) is 9.59. The molecule has 0 saturated carbocycles. The van der Waals surface area contributed by atoms with Crippen LogP contribution in [0.25, 0.3) is 16.8 Å². The number of hydrogen-bond donors (Lipinski definition) is 3. The van der Waals surface area contributed by atoms with Gasteiger partial charge in [-0.05, 0) is 54.1 Å². The Morgan fingerprint density at radius 3 is 2.31 bits per heavy atom. The van der Waals surface area contributed by atoms with E-state index in [1.54, 1.807) is 47.9 Å². The molecule has 3 N–H and O–H groups in total. The van der Waals surface area contributed by atoms with Gasteiger partial charge in [0.15, 0.2) is 5.65 Å².